The van der Waals surface area contributed by atoms with E-state index in [-0.39, 0.29) is 11.8 Å². The van der Waals surface area contributed by atoms with Crippen molar-refractivity contribution in [3.8, 4) is 0 Å². The molecule has 0 spiro atoms. The molecular formula is C12H13ClN4O. The monoisotopic (exact) mass is 264 g/mol. The fourth-order valence-corrected chi connectivity index (χ4v) is 1.69. The SMILES string of the molecule is CN(C(=O)CCl)c1cn(Cc2ccccc2)nn1. The normalized spacial score (nSPS) is 10.3. The van der Waals surface area contributed by atoms with Crippen LogP contribution in [0.25, 0.3) is 0 Å². The number of anilines is 1. The lowest BCUT2D eigenvalue weighted by atomic mass is 10.2. The molecule has 0 N–H and O–H groups in total. The molecule has 1 aromatic heterocycles. The van der Waals surface area contributed by atoms with Crippen LogP contribution in [0.2, 0.25) is 0 Å². The van der Waals surface area contributed by atoms with Crippen LogP contribution in [-0.2, 0) is 11.3 Å². The van der Waals surface area contributed by atoms with Gasteiger partial charge in [-0.05, 0) is 5.56 Å². The summed E-state index contributed by atoms with van der Waals surface area (Å²) in [5.41, 5.74) is 1.13. The molecule has 2 rings (SSSR count). The van der Waals surface area contributed by atoms with Gasteiger partial charge in [0, 0.05) is 7.05 Å². The van der Waals surface area contributed by atoms with Crippen molar-refractivity contribution in [1.82, 2.24) is 15.0 Å². The third-order valence-corrected chi connectivity index (χ3v) is 2.77. The first-order chi connectivity index (χ1) is 8.70. The van der Waals surface area contributed by atoms with Crippen LogP contribution in [-0.4, -0.2) is 33.8 Å². The van der Waals surface area contributed by atoms with Gasteiger partial charge in [0.2, 0.25) is 5.91 Å². The quantitative estimate of drug-likeness (QED) is 0.787. The van der Waals surface area contributed by atoms with E-state index in [0.29, 0.717) is 12.4 Å². The van der Waals surface area contributed by atoms with Crippen molar-refractivity contribution in [2.24, 2.45) is 0 Å². The summed E-state index contributed by atoms with van der Waals surface area (Å²) in [6.07, 6.45) is 1.72. The van der Waals surface area contributed by atoms with Gasteiger partial charge in [-0.3, -0.25) is 9.69 Å². The molecule has 0 atom stereocenters. The molecule has 0 saturated carbocycles. The van der Waals surface area contributed by atoms with Gasteiger partial charge in [-0.1, -0.05) is 35.5 Å². The van der Waals surface area contributed by atoms with Crippen LogP contribution in [0.5, 0.6) is 0 Å². The van der Waals surface area contributed by atoms with Crippen molar-refractivity contribution in [3.05, 3.63) is 42.1 Å². The van der Waals surface area contributed by atoms with Crippen LogP contribution in [0.4, 0.5) is 5.82 Å². The molecule has 5 nitrogen and oxygen atoms in total. The van der Waals surface area contributed by atoms with E-state index in [9.17, 15) is 4.79 Å². The van der Waals surface area contributed by atoms with Crippen LogP contribution < -0.4 is 4.90 Å². The van der Waals surface area contributed by atoms with E-state index in [4.69, 9.17) is 11.6 Å². The third kappa shape index (κ3) is 2.87. The Labute approximate surface area is 110 Å². The molecule has 0 fully saturated rings. The maximum absolute atomic E-state index is 11.4. The Morgan fingerprint density at radius 3 is 2.78 bits per heavy atom. The summed E-state index contributed by atoms with van der Waals surface area (Å²) in [5, 5.41) is 7.92. The van der Waals surface area contributed by atoms with Gasteiger partial charge in [0.05, 0.1) is 12.7 Å². The summed E-state index contributed by atoms with van der Waals surface area (Å²) in [5.74, 6) is 0.224. The van der Waals surface area contributed by atoms with E-state index in [1.54, 1.807) is 17.9 Å². The van der Waals surface area contributed by atoms with Crippen molar-refractivity contribution >= 4 is 23.3 Å². The molecule has 0 aliphatic carbocycles. The highest BCUT2D eigenvalue weighted by atomic mass is 35.5. The minimum absolute atomic E-state index is 0.0674. The zero-order valence-electron chi connectivity index (χ0n) is 9.95. The molecule has 2 aromatic rings. The topological polar surface area (TPSA) is 51.0 Å². The van der Waals surface area contributed by atoms with Crippen LogP contribution in [0.1, 0.15) is 5.56 Å². The van der Waals surface area contributed by atoms with Crippen molar-refractivity contribution in [2.75, 3.05) is 17.8 Å². The Balaban J connectivity index is 2.09. The molecule has 1 aromatic carbocycles. The predicted octanol–water partition coefficient (Wildman–Crippen LogP) is 1.53. The smallest absolute Gasteiger partial charge is 0.242 e. The second-order valence-corrected chi connectivity index (χ2v) is 4.11. The number of carbonyl (C=O) groups excluding carboxylic acids is 1. The highest BCUT2D eigenvalue weighted by Crippen LogP contribution is 2.09. The lowest BCUT2D eigenvalue weighted by Crippen LogP contribution is -2.27. The summed E-state index contributed by atoms with van der Waals surface area (Å²) in [4.78, 5) is 12.8. The Morgan fingerprint density at radius 1 is 1.39 bits per heavy atom. The second-order valence-electron chi connectivity index (χ2n) is 3.85. The minimum Gasteiger partial charge on any atom is -0.296 e. The van der Waals surface area contributed by atoms with Gasteiger partial charge in [-0.15, -0.1) is 16.7 Å². The van der Waals surface area contributed by atoms with Crippen LogP contribution in [0, 0.1) is 0 Å². The molecule has 0 aliphatic rings. The average Bonchev–Trinajstić information content (AvgIpc) is 2.86. The largest absolute Gasteiger partial charge is 0.296 e. The Bertz CT molecular complexity index is 526. The minimum atomic E-state index is -0.205. The van der Waals surface area contributed by atoms with Gasteiger partial charge >= 0.3 is 0 Å². The van der Waals surface area contributed by atoms with Crippen molar-refractivity contribution < 1.29 is 4.79 Å². The van der Waals surface area contributed by atoms with Gasteiger partial charge in [0.25, 0.3) is 0 Å². The lowest BCUT2D eigenvalue weighted by Gasteiger charge is -2.10. The molecule has 18 heavy (non-hydrogen) atoms. The fourth-order valence-electron chi connectivity index (χ4n) is 1.51. The summed E-state index contributed by atoms with van der Waals surface area (Å²) >= 11 is 5.49. The third-order valence-electron chi connectivity index (χ3n) is 2.55. The number of carbonyl (C=O) groups is 1. The highest BCUT2D eigenvalue weighted by molar-refractivity contribution is 6.29. The average molecular weight is 265 g/mol. The Kier molecular flexibility index (Phi) is 3.94. The molecule has 0 bridgehead atoms. The molecule has 0 saturated heterocycles. The van der Waals surface area contributed by atoms with Gasteiger partial charge in [0.1, 0.15) is 5.88 Å². The molecule has 94 valence electrons. The molecular weight excluding hydrogens is 252 g/mol. The standard InChI is InChI=1S/C12H13ClN4O/c1-16(12(18)7-13)11-9-17(15-14-11)8-10-5-3-2-4-6-10/h2-6,9H,7-8H2,1H3. The maximum atomic E-state index is 11.4. The number of alkyl halides is 1. The summed E-state index contributed by atoms with van der Waals surface area (Å²) in [6.45, 7) is 0.622. The molecule has 1 amide bonds. The Hall–Kier alpha value is -1.88. The number of halogens is 1. The summed E-state index contributed by atoms with van der Waals surface area (Å²) < 4.78 is 1.68. The number of hydrogen-bond donors (Lipinski definition) is 0. The van der Waals surface area contributed by atoms with Gasteiger partial charge in [0.15, 0.2) is 5.82 Å². The van der Waals surface area contributed by atoms with Crippen LogP contribution in [0.3, 0.4) is 0 Å². The first-order valence-electron chi connectivity index (χ1n) is 5.47. The first-order valence-corrected chi connectivity index (χ1v) is 6.00. The van der Waals surface area contributed by atoms with E-state index in [1.165, 1.54) is 4.90 Å². The number of hydrogen-bond acceptors (Lipinski definition) is 3. The van der Waals surface area contributed by atoms with Crippen LogP contribution in [0.15, 0.2) is 36.5 Å². The van der Waals surface area contributed by atoms with Gasteiger partial charge in [-0.25, -0.2) is 4.68 Å². The van der Waals surface area contributed by atoms with E-state index in [0.717, 1.165) is 5.56 Å². The first kappa shape index (κ1) is 12.6. The van der Waals surface area contributed by atoms with E-state index >= 15 is 0 Å². The molecule has 0 aliphatic heterocycles. The zero-order chi connectivity index (χ0) is 13.0. The number of benzene rings is 1. The van der Waals surface area contributed by atoms with Crippen molar-refractivity contribution in [1.29, 1.82) is 0 Å². The highest BCUT2D eigenvalue weighted by Gasteiger charge is 2.12. The number of rotatable bonds is 4. The van der Waals surface area contributed by atoms with E-state index in [1.807, 2.05) is 30.3 Å². The number of aromatic nitrogens is 3. The summed E-state index contributed by atoms with van der Waals surface area (Å²) in [7, 11) is 1.63. The number of nitrogens with zero attached hydrogens (tertiary/aromatic N) is 4. The van der Waals surface area contributed by atoms with E-state index in [2.05, 4.69) is 10.3 Å². The predicted molar refractivity (Wildman–Crippen MR) is 69.7 cm³/mol. The van der Waals surface area contributed by atoms with Gasteiger partial charge < -0.3 is 0 Å². The lowest BCUT2D eigenvalue weighted by molar-refractivity contribution is -0.116. The number of amides is 1. The maximum Gasteiger partial charge on any atom is 0.242 e. The van der Waals surface area contributed by atoms with Gasteiger partial charge in [-0.2, -0.15) is 0 Å². The van der Waals surface area contributed by atoms with Crippen molar-refractivity contribution in [2.45, 2.75) is 6.54 Å². The molecule has 0 radical (unpaired) electrons. The Morgan fingerprint density at radius 2 is 2.11 bits per heavy atom. The zero-order valence-corrected chi connectivity index (χ0v) is 10.7. The fraction of sp³-hybridized carbons (Fsp3) is 0.250. The van der Waals surface area contributed by atoms with Crippen LogP contribution >= 0.6 is 11.6 Å². The second kappa shape index (κ2) is 5.64. The molecule has 0 unspecified atom stereocenters. The van der Waals surface area contributed by atoms with E-state index < -0.39 is 0 Å². The molecule has 1 heterocycles. The summed E-state index contributed by atoms with van der Waals surface area (Å²) in [6, 6.07) is 9.92. The van der Waals surface area contributed by atoms with Crippen molar-refractivity contribution in [3.63, 3.8) is 0 Å². The molecule has 6 heteroatoms.